The van der Waals surface area contributed by atoms with Gasteiger partial charge in [0.25, 0.3) is 0 Å². The monoisotopic (exact) mass is 261 g/mol. The number of aromatic nitrogens is 2. The van der Waals surface area contributed by atoms with Gasteiger partial charge in [0, 0.05) is 30.9 Å². The van der Waals surface area contributed by atoms with Crippen molar-refractivity contribution in [3.63, 3.8) is 0 Å². The van der Waals surface area contributed by atoms with Crippen molar-refractivity contribution >= 4 is 0 Å². The van der Waals surface area contributed by atoms with Crippen molar-refractivity contribution in [1.29, 1.82) is 0 Å². The van der Waals surface area contributed by atoms with Crippen LogP contribution in [0.15, 0.2) is 18.5 Å². The molecule has 0 amide bonds. The number of rotatable bonds is 4. The smallest absolute Gasteiger partial charge is 0.316 e. The minimum atomic E-state index is 0.514. The van der Waals surface area contributed by atoms with Crippen molar-refractivity contribution in [3.8, 4) is 6.01 Å². The summed E-state index contributed by atoms with van der Waals surface area (Å²) in [7, 11) is 0. The van der Waals surface area contributed by atoms with Gasteiger partial charge in [0.1, 0.15) is 0 Å². The van der Waals surface area contributed by atoms with Gasteiger partial charge < -0.3 is 4.74 Å². The van der Waals surface area contributed by atoms with Crippen molar-refractivity contribution < 1.29 is 4.74 Å². The van der Waals surface area contributed by atoms with Crippen molar-refractivity contribution in [2.75, 3.05) is 19.7 Å². The molecule has 1 aliphatic heterocycles. The summed E-state index contributed by atoms with van der Waals surface area (Å²) in [6, 6.07) is 3.17. The minimum Gasteiger partial charge on any atom is -0.463 e. The Kier molecular flexibility index (Phi) is 4.28. The molecule has 1 aromatic heterocycles. The topological polar surface area (TPSA) is 38.2 Å². The predicted octanol–water partition coefficient (Wildman–Crippen LogP) is 2.51. The zero-order valence-corrected chi connectivity index (χ0v) is 11.5. The minimum absolute atomic E-state index is 0.514. The maximum absolute atomic E-state index is 5.71. The fourth-order valence-corrected chi connectivity index (χ4v) is 3.39. The van der Waals surface area contributed by atoms with Crippen molar-refractivity contribution in [2.24, 2.45) is 5.92 Å². The number of hydrogen-bond donors (Lipinski definition) is 0. The maximum Gasteiger partial charge on any atom is 0.316 e. The Hall–Kier alpha value is -1.16. The van der Waals surface area contributed by atoms with Crippen LogP contribution in [0.4, 0.5) is 0 Å². The second-order valence-electron chi connectivity index (χ2n) is 5.78. The summed E-state index contributed by atoms with van der Waals surface area (Å²) in [5.41, 5.74) is 0. The Balaban J connectivity index is 1.48. The van der Waals surface area contributed by atoms with E-state index < -0.39 is 0 Å². The largest absolute Gasteiger partial charge is 0.463 e. The highest BCUT2D eigenvalue weighted by molar-refractivity contribution is 4.93. The van der Waals surface area contributed by atoms with Crippen LogP contribution in [0.5, 0.6) is 6.01 Å². The van der Waals surface area contributed by atoms with Crippen LogP contribution in [0, 0.1) is 5.92 Å². The molecule has 4 heteroatoms. The highest BCUT2D eigenvalue weighted by Gasteiger charge is 2.28. The standard InChI is InChI=1S/C15H23N3O/c1-2-7-14(6-1)18-10-3-5-13(11-18)12-19-15-16-8-4-9-17-15/h4,8-9,13-14H,1-3,5-7,10-12H2. The van der Waals surface area contributed by atoms with E-state index >= 15 is 0 Å². The van der Waals surface area contributed by atoms with E-state index in [4.69, 9.17) is 4.74 Å². The Bertz CT molecular complexity index is 378. The first-order valence-corrected chi connectivity index (χ1v) is 7.55. The molecular formula is C15H23N3O. The lowest BCUT2D eigenvalue weighted by Gasteiger charge is -2.36. The fraction of sp³-hybridized carbons (Fsp3) is 0.733. The maximum atomic E-state index is 5.71. The molecule has 1 saturated heterocycles. The summed E-state index contributed by atoms with van der Waals surface area (Å²) in [4.78, 5) is 10.9. The molecule has 0 radical (unpaired) electrons. The molecule has 1 saturated carbocycles. The number of nitrogens with zero attached hydrogens (tertiary/aromatic N) is 3. The number of likely N-dealkylation sites (tertiary alicyclic amines) is 1. The third-order valence-corrected chi connectivity index (χ3v) is 4.38. The molecule has 0 bridgehead atoms. The first-order chi connectivity index (χ1) is 9.42. The van der Waals surface area contributed by atoms with E-state index in [1.165, 1.54) is 51.6 Å². The van der Waals surface area contributed by atoms with E-state index in [1.54, 1.807) is 12.4 Å². The highest BCUT2D eigenvalue weighted by Crippen LogP contribution is 2.28. The van der Waals surface area contributed by atoms with Gasteiger partial charge in [-0.25, -0.2) is 9.97 Å². The molecule has 3 rings (SSSR count). The molecule has 1 atom stereocenters. The van der Waals surface area contributed by atoms with Crippen LogP contribution < -0.4 is 4.74 Å². The number of ether oxygens (including phenoxy) is 1. The zero-order valence-electron chi connectivity index (χ0n) is 11.5. The van der Waals surface area contributed by atoms with Crippen LogP contribution >= 0.6 is 0 Å². The van der Waals surface area contributed by atoms with Gasteiger partial charge in [0.15, 0.2) is 0 Å². The molecule has 1 unspecified atom stereocenters. The van der Waals surface area contributed by atoms with E-state index in [-0.39, 0.29) is 0 Å². The van der Waals surface area contributed by atoms with Gasteiger partial charge in [-0.1, -0.05) is 12.8 Å². The lowest BCUT2D eigenvalue weighted by molar-refractivity contribution is 0.0935. The molecule has 2 heterocycles. The quantitative estimate of drug-likeness (QED) is 0.834. The third kappa shape index (κ3) is 3.44. The van der Waals surface area contributed by atoms with Gasteiger partial charge >= 0.3 is 6.01 Å². The predicted molar refractivity (Wildman–Crippen MR) is 74.1 cm³/mol. The average Bonchev–Trinajstić information content (AvgIpc) is 3.01. The van der Waals surface area contributed by atoms with Crippen LogP contribution in [-0.4, -0.2) is 40.6 Å². The van der Waals surface area contributed by atoms with Gasteiger partial charge in [0.05, 0.1) is 6.61 Å². The second kappa shape index (κ2) is 6.33. The molecule has 1 aromatic rings. The lowest BCUT2D eigenvalue weighted by atomic mass is 9.97. The molecular weight excluding hydrogens is 238 g/mol. The Morgan fingerprint density at radius 3 is 2.68 bits per heavy atom. The Labute approximate surface area is 115 Å². The first kappa shape index (κ1) is 12.9. The SMILES string of the molecule is c1cnc(OCC2CCCN(C3CCCC3)C2)nc1. The molecule has 2 fully saturated rings. The van der Waals surface area contributed by atoms with Gasteiger partial charge in [0.2, 0.25) is 0 Å². The van der Waals surface area contributed by atoms with Gasteiger partial charge in [-0.05, 0) is 38.3 Å². The number of hydrogen-bond acceptors (Lipinski definition) is 4. The molecule has 2 aliphatic rings. The van der Waals surface area contributed by atoms with E-state index in [2.05, 4.69) is 14.9 Å². The molecule has 1 aliphatic carbocycles. The molecule has 0 N–H and O–H groups in total. The highest BCUT2D eigenvalue weighted by atomic mass is 16.5. The fourth-order valence-electron chi connectivity index (χ4n) is 3.39. The molecule has 19 heavy (non-hydrogen) atoms. The lowest BCUT2D eigenvalue weighted by Crippen LogP contribution is -2.43. The summed E-state index contributed by atoms with van der Waals surface area (Å²) in [5, 5.41) is 0. The Morgan fingerprint density at radius 2 is 1.89 bits per heavy atom. The van der Waals surface area contributed by atoms with Gasteiger partial charge in [-0.15, -0.1) is 0 Å². The van der Waals surface area contributed by atoms with Crippen LogP contribution in [0.25, 0.3) is 0 Å². The van der Waals surface area contributed by atoms with E-state index in [0.717, 1.165) is 12.6 Å². The first-order valence-electron chi connectivity index (χ1n) is 7.55. The summed E-state index contributed by atoms with van der Waals surface area (Å²) in [6.07, 6.45) is 11.7. The van der Waals surface area contributed by atoms with Crippen molar-refractivity contribution in [2.45, 2.75) is 44.6 Å². The van der Waals surface area contributed by atoms with Crippen LogP contribution in [0.2, 0.25) is 0 Å². The summed E-state index contributed by atoms with van der Waals surface area (Å²) < 4.78 is 5.71. The van der Waals surface area contributed by atoms with Crippen LogP contribution in [0.1, 0.15) is 38.5 Å². The van der Waals surface area contributed by atoms with E-state index in [0.29, 0.717) is 11.9 Å². The van der Waals surface area contributed by atoms with Crippen LogP contribution in [0.3, 0.4) is 0 Å². The van der Waals surface area contributed by atoms with Crippen molar-refractivity contribution in [3.05, 3.63) is 18.5 Å². The zero-order chi connectivity index (χ0) is 12.9. The molecule has 4 nitrogen and oxygen atoms in total. The van der Waals surface area contributed by atoms with Crippen LogP contribution in [-0.2, 0) is 0 Å². The normalized spacial score (nSPS) is 25.6. The number of piperidine rings is 1. The molecule has 0 aromatic carbocycles. The second-order valence-corrected chi connectivity index (χ2v) is 5.78. The average molecular weight is 261 g/mol. The summed E-state index contributed by atoms with van der Waals surface area (Å²) >= 11 is 0. The summed E-state index contributed by atoms with van der Waals surface area (Å²) in [6.45, 7) is 3.23. The van der Waals surface area contributed by atoms with Crippen molar-refractivity contribution in [1.82, 2.24) is 14.9 Å². The van der Waals surface area contributed by atoms with E-state index in [1.807, 2.05) is 6.07 Å². The van der Waals surface area contributed by atoms with Gasteiger partial charge in [-0.3, -0.25) is 4.90 Å². The third-order valence-electron chi connectivity index (χ3n) is 4.38. The summed E-state index contributed by atoms with van der Waals surface area (Å²) in [5.74, 6) is 0.637. The Morgan fingerprint density at radius 1 is 1.11 bits per heavy atom. The van der Waals surface area contributed by atoms with Gasteiger partial charge in [-0.2, -0.15) is 0 Å². The molecule has 0 spiro atoms. The molecule has 104 valence electrons. The van der Waals surface area contributed by atoms with E-state index in [9.17, 15) is 0 Å².